The average Bonchev–Trinajstić information content (AvgIpc) is 3.08. The third kappa shape index (κ3) is 4.81. The highest BCUT2D eigenvalue weighted by Crippen LogP contribution is 2.50. The molecular weight excluding hydrogens is 461 g/mol. The van der Waals surface area contributed by atoms with Crippen LogP contribution in [0.25, 0.3) is 0 Å². The number of hydrogen-bond donors (Lipinski definition) is 1. The molecule has 2 aromatic rings. The van der Waals surface area contributed by atoms with Crippen molar-refractivity contribution < 1.29 is 13.2 Å². The lowest BCUT2D eigenvalue weighted by Crippen LogP contribution is -2.46. The third-order valence-corrected chi connectivity index (χ3v) is 7.18. The van der Waals surface area contributed by atoms with E-state index in [2.05, 4.69) is 39.7 Å². The van der Waals surface area contributed by atoms with Crippen molar-refractivity contribution in [3.05, 3.63) is 94.8 Å². The van der Waals surface area contributed by atoms with E-state index < -0.39 is 11.7 Å². The summed E-state index contributed by atoms with van der Waals surface area (Å²) in [4.78, 5) is 10.7. The lowest BCUT2D eigenvalue weighted by Gasteiger charge is -2.42. The molecule has 1 heterocycles. The fourth-order valence-corrected chi connectivity index (χ4v) is 5.19. The van der Waals surface area contributed by atoms with Crippen molar-refractivity contribution in [3.63, 3.8) is 0 Å². The van der Waals surface area contributed by atoms with E-state index in [1.54, 1.807) is 6.08 Å². The molecule has 34 heavy (non-hydrogen) atoms. The monoisotopic (exact) mass is 486 g/mol. The van der Waals surface area contributed by atoms with Gasteiger partial charge in [0.2, 0.25) is 0 Å². The van der Waals surface area contributed by atoms with Gasteiger partial charge in [0.1, 0.15) is 5.84 Å². The lowest BCUT2D eigenvalue weighted by atomic mass is 9.73. The van der Waals surface area contributed by atoms with Crippen molar-refractivity contribution in [2.45, 2.75) is 31.5 Å². The molecule has 2 aliphatic rings. The minimum Gasteiger partial charge on any atom is -0.357 e. The quantitative estimate of drug-likeness (QED) is 0.415. The fraction of sp³-hybridized carbons (Fsp3) is 0.308. The van der Waals surface area contributed by atoms with Gasteiger partial charge in [0.25, 0.3) is 0 Å². The SMILES string of the molecule is C=C\N=C(/C=C/N=C/c1cccc(C(F)(F)F)c1Cl)N1CCC2(CC1)Cc1ccccc1[C@H]2N. The Morgan fingerprint density at radius 2 is 1.88 bits per heavy atom. The van der Waals surface area contributed by atoms with Crippen LogP contribution in [-0.2, 0) is 12.6 Å². The highest BCUT2D eigenvalue weighted by molar-refractivity contribution is 6.34. The number of hydrogen-bond acceptors (Lipinski definition) is 3. The largest absolute Gasteiger partial charge is 0.417 e. The normalized spacial score (nSPS) is 20.4. The molecule has 1 fully saturated rings. The second-order valence-electron chi connectivity index (χ2n) is 8.67. The lowest BCUT2D eigenvalue weighted by molar-refractivity contribution is -0.137. The minimum absolute atomic E-state index is 0.0306. The van der Waals surface area contributed by atoms with Crippen molar-refractivity contribution in [1.29, 1.82) is 0 Å². The molecule has 1 spiro atoms. The van der Waals surface area contributed by atoms with Gasteiger partial charge in [0, 0.05) is 43.3 Å². The van der Waals surface area contributed by atoms with Crippen LogP contribution in [0, 0.1) is 5.41 Å². The Morgan fingerprint density at radius 1 is 1.15 bits per heavy atom. The zero-order valence-electron chi connectivity index (χ0n) is 18.6. The van der Waals surface area contributed by atoms with Crippen LogP contribution in [0.1, 0.15) is 41.1 Å². The maximum absolute atomic E-state index is 13.0. The molecule has 0 bridgehead atoms. The predicted molar refractivity (Wildman–Crippen MR) is 131 cm³/mol. The van der Waals surface area contributed by atoms with Crippen LogP contribution in [0.2, 0.25) is 5.02 Å². The van der Waals surface area contributed by atoms with E-state index in [0.717, 1.165) is 38.4 Å². The highest BCUT2D eigenvalue weighted by atomic mass is 35.5. The molecule has 0 radical (unpaired) electrons. The molecule has 8 heteroatoms. The molecule has 0 saturated carbocycles. The first-order valence-electron chi connectivity index (χ1n) is 11.1. The molecule has 4 nitrogen and oxygen atoms in total. The van der Waals surface area contributed by atoms with Gasteiger partial charge in [-0.2, -0.15) is 13.2 Å². The first-order chi connectivity index (χ1) is 16.2. The fourth-order valence-electron chi connectivity index (χ4n) is 4.91. The summed E-state index contributed by atoms with van der Waals surface area (Å²) < 4.78 is 39.1. The zero-order chi connectivity index (χ0) is 24.3. The van der Waals surface area contributed by atoms with Gasteiger partial charge in [-0.05, 0) is 47.9 Å². The maximum atomic E-state index is 13.0. The topological polar surface area (TPSA) is 54.0 Å². The van der Waals surface area contributed by atoms with Crippen LogP contribution in [0.4, 0.5) is 13.2 Å². The molecule has 1 atom stereocenters. The Labute approximate surface area is 202 Å². The molecule has 178 valence electrons. The number of piperidine rings is 1. The summed E-state index contributed by atoms with van der Waals surface area (Å²) in [6, 6.07) is 12.2. The summed E-state index contributed by atoms with van der Waals surface area (Å²) in [7, 11) is 0. The highest BCUT2D eigenvalue weighted by Gasteiger charge is 2.45. The maximum Gasteiger partial charge on any atom is 0.417 e. The first kappa shape index (κ1) is 24.2. The number of alkyl halides is 3. The van der Waals surface area contributed by atoms with Gasteiger partial charge in [-0.1, -0.05) is 54.6 Å². The second kappa shape index (κ2) is 9.76. The van der Waals surface area contributed by atoms with Crippen LogP contribution >= 0.6 is 11.6 Å². The van der Waals surface area contributed by atoms with Crippen LogP contribution in [0.5, 0.6) is 0 Å². The van der Waals surface area contributed by atoms with Crippen molar-refractivity contribution >= 4 is 23.7 Å². The van der Waals surface area contributed by atoms with Gasteiger partial charge in [-0.15, -0.1) is 0 Å². The molecule has 2 N–H and O–H groups in total. The molecule has 1 aliphatic carbocycles. The number of amidine groups is 1. The number of fused-ring (bicyclic) bond motifs is 1. The summed E-state index contributed by atoms with van der Waals surface area (Å²) in [5.74, 6) is 0.696. The number of aliphatic imine (C=N–C) groups is 2. The van der Waals surface area contributed by atoms with Gasteiger partial charge in [0.15, 0.2) is 0 Å². The molecule has 1 aliphatic heterocycles. The van der Waals surface area contributed by atoms with E-state index in [4.69, 9.17) is 17.3 Å². The Morgan fingerprint density at radius 3 is 2.56 bits per heavy atom. The Hall–Kier alpha value is -2.90. The van der Waals surface area contributed by atoms with E-state index in [1.165, 1.54) is 41.9 Å². The molecular formula is C26H26ClF3N4. The van der Waals surface area contributed by atoms with Gasteiger partial charge >= 0.3 is 6.18 Å². The standard InChI is InChI=1S/C26H26ClF3N4/c1-2-33-22(10-13-32-17-19-7-5-9-21(23(19)27)26(28,29)30)34-14-11-25(12-15-34)16-18-6-3-4-8-20(18)24(25)31/h2-10,13,17,24H,1,11-12,14-16,31H2/b13-10+,32-17+,33-22+/t24-/m1/s1. The predicted octanol–water partition coefficient (Wildman–Crippen LogP) is 6.17. The number of halogens is 4. The molecule has 1 saturated heterocycles. The number of rotatable bonds is 4. The van der Waals surface area contributed by atoms with Crippen molar-refractivity contribution in [1.82, 2.24) is 4.90 Å². The molecule has 2 aromatic carbocycles. The van der Waals surface area contributed by atoms with E-state index in [0.29, 0.717) is 5.84 Å². The van der Waals surface area contributed by atoms with Gasteiger partial charge in [-0.3, -0.25) is 4.99 Å². The van der Waals surface area contributed by atoms with Gasteiger partial charge in [0.05, 0.1) is 10.6 Å². The zero-order valence-corrected chi connectivity index (χ0v) is 19.4. The smallest absolute Gasteiger partial charge is 0.357 e. The van der Waals surface area contributed by atoms with Gasteiger partial charge < -0.3 is 10.6 Å². The van der Waals surface area contributed by atoms with E-state index >= 15 is 0 Å². The van der Waals surface area contributed by atoms with Crippen LogP contribution in [0.15, 0.2) is 77.5 Å². The summed E-state index contributed by atoms with van der Waals surface area (Å²) in [5.41, 5.74) is 8.61. The molecule has 0 aromatic heterocycles. The average molecular weight is 487 g/mol. The molecule has 4 rings (SSSR count). The summed E-state index contributed by atoms with van der Waals surface area (Å²) in [5, 5.41) is -0.373. The minimum atomic E-state index is -4.52. The van der Waals surface area contributed by atoms with Crippen molar-refractivity contribution in [3.8, 4) is 0 Å². The van der Waals surface area contributed by atoms with Crippen LogP contribution in [0.3, 0.4) is 0 Å². The Bertz CT molecular complexity index is 1140. The van der Waals surface area contributed by atoms with E-state index in [9.17, 15) is 13.2 Å². The first-order valence-corrected chi connectivity index (χ1v) is 11.5. The summed E-state index contributed by atoms with van der Waals surface area (Å²) in [6.07, 6.45) is 4.35. The number of nitrogens with zero attached hydrogens (tertiary/aromatic N) is 3. The summed E-state index contributed by atoms with van der Waals surface area (Å²) in [6.45, 7) is 5.28. The summed E-state index contributed by atoms with van der Waals surface area (Å²) >= 11 is 5.92. The van der Waals surface area contributed by atoms with E-state index in [-0.39, 0.29) is 22.0 Å². The van der Waals surface area contributed by atoms with Crippen LogP contribution in [-0.4, -0.2) is 30.0 Å². The van der Waals surface area contributed by atoms with Gasteiger partial charge in [-0.25, -0.2) is 4.99 Å². The van der Waals surface area contributed by atoms with Crippen molar-refractivity contribution in [2.24, 2.45) is 21.1 Å². The Kier molecular flexibility index (Phi) is 6.96. The number of benzene rings is 2. The number of likely N-dealkylation sites (tertiary alicyclic amines) is 1. The number of nitrogens with two attached hydrogens (primary N) is 1. The van der Waals surface area contributed by atoms with Crippen molar-refractivity contribution in [2.75, 3.05) is 13.1 Å². The second-order valence-corrected chi connectivity index (χ2v) is 9.05. The van der Waals surface area contributed by atoms with Crippen LogP contribution < -0.4 is 5.73 Å². The molecule has 0 unspecified atom stereocenters. The molecule has 0 amide bonds. The third-order valence-electron chi connectivity index (χ3n) is 6.76. The Balaban J connectivity index is 1.43. The van der Waals surface area contributed by atoms with E-state index in [1.807, 2.05) is 6.07 Å².